The largest absolute Gasteiger partial charge is 0.486 e. The SMILES string of the molecule is Cc1cccc(C2(O)CCN(C[C@@H](O)c3ccc4c(c3)OCCO4)CC2)c1. The molecule has 0 amide bonds. The Morgan fingerprint density at radius 2 is 1.78 bits per heavy atom. The molecule has 1 fully saturated rings. The van der Waals surface area contributed by atoms with Gasteiger partial charge in [0, 0.05) is 19.6 Å². The van der Waals surface area contributed by atoms with Gasteiger partial charge < -0.3 is 24.6 Å². The van der Waals surface area contributed by atoms with E-state index in [4.69, 9.17) is 9.47 Å². The van der Waals surface area contributed by atoms with Crippen LogP contribution in [0.2, 0.25) is 0 Å². The van der Waals surface area contributed by atoms with Crippen molar-refractivity contribution in [1.29, 1.82) is 0 Å². The maximum absolute atomic E-state index is 11.0. The molecule has 5 nitrogen and oxygen atoms in total. The number of hydrogen-bond acceptors (Lipinski definition) is 5. The Hall–Kier alpha value is -2.08. The molecule has 0 bridgehead atoms. The molecule has 1 saturated heterocycles. The van der Waals surface area contributed by atoms with Crippen molar-refractivity contribution in [2.24, 2.45) is 0 Å². The molecule has 4 rings (SSSR count). The number of fused-ring (bicyclic) bond motifs is 1. The third-order valence-electron chi connectivity index (χ3n) is 5.62. The maximum atomic E-state index is 11.0. The molecule has 0 aliphatic carbocycles. The number of benzene rings is 2. The summed E-state index contributed by atoms with van der Waals surface area (Å²) in [6.45, 7) is 5.20. The molecule has 2 aromatic carbocycles. The smallest absolute Gasteiger partial charge is 0.161 e. The zero-order valence-electron chi connectivity index (χ0n) is 15.7. The molecule has 1 atom stereocenters. The van der Waals surface area contributed by atoms with Crippen molar-refractivity contribution in [3.63, 3.8) is 0 Å². The fraction of sp³-hybridized carbons (Fsp3) is 0.455. The summed E-state index contributed by atoms with van der Waals surface area (Å²) in [4.78, 5) is 2.21. The summed E-state index contributed by atoms with van der Waals surface area (Å²) in [7, 11) is 0. The molecule has 2 aromatic rings. The summed E-state index contributed by atoms with van der Waals surface area (Å²) in [5.74, 6) is 1.43. The highest BCUT2D eigenvalue weighted by Crippen LogP contribution is 2.35. The zero-order valence-corrected chi connectivity index (χ0v) is 15.7. The molecule has 2 aliphatic rings. The number of rotatable bonds is 4. The summed E-state index contributed by atoms with van der Waals surface area (Å²) in [5.41, 5.74) is 2.22. The number of ether oxygens (including phenoxy) is 2. The summed E-state index contributed by atoms with van der Waals surface area (Å²) >= 11 is 0. The highest BCUT2D eigenvalue weighted by Gasteiger charge is 2.34. The van der Waals surface area contributed by atoms with Gasteiger partial charge in [-0.15, -0.1) is 0 Å². The fourth-order valence-corrected chi connectivity index (χ4v) is 3.95. The van der Waals surface area contributed by atoms with Crippen molar-refractivity contribution in [3.05, 3.63) is 59.2 Å². The summed E-state index contributed by atoms with van der Waals surface area (Å²) in [6, 6.07) is 13.7. The van der Waals surface area contributed by atoms with E-state index in [0.717, 1.165) is 35.5 Å². The van der Waals surface area contributed by atoms with Crippen LogP contribution < -0.4 is 9.47 Å². The van der Waals surface area contributed by atoms with Crippen molar-refractivity contribution in [3.8, 4) is 11.5 Å². The first kappa shape index (κ1) is 18.3. The molecule has 0 spiro atoms. The number of hydrogen-bond donors (Lipinski definition) is 2. The van der Waals surface area contributed by atoms with Crippen LogP contribution in [0, 0.1) is 6.92 Å². The number of aliphatic hydroxyl groups excluding tert-OH is 1. The van der Waals surface area contributed by atoms with Crippen molar-refractivity contribution >= 4 is 0 Å². The van der Waals surface area contributed by atoms with E-state index in [1.54, 1.807) is 0 Å². The Labute approximate surface area is 160 Å². The third-order valence-corrected chi connectivity index (χ3v) is 5.62. The minimum absolute atomic E-state index is 0.538. The summed E-state index contributed by atoms with van der Waals surface area (Å²) < 4.78 is 11.1. The van der Waals surface area contributed by atoms with Gasteiger partial charge in [0.2, 0.25) is 0 Å². The van der Waals surface area contributed by atoms with Gasteiger partial charge >= 0.3 is 0 Å². The van der Waals surface area contributed by atoms with Crippen molar-refractivity contribution < 1.29 is 19.7 Å². The Kier molecular flexibility index (Phi) is 5.08. The Morgan fingerprint density at radius 1 is 1.04 bits per heavy atom. The topological polar surface area (TPSA) is 62.2 Å². The van der Waals surface area contributed by atoms with Crippen molar-refractivity contribution in [2.75, 3.05) is 32.8 Å². The number of likely N-dealkylation sites (tertiary alicyclic amines) is 1. The van der Waals surface area contributed by atoms with Crippen molar-refractivity contribution in [1.82, 2.24) is 4.90 Å². The second-order valence-corrected chi connectivity index (χ2v) is 7.62. The van der Waals surface area contributed by atoms with Crippen molar-refractivity contribution in [2.45, 2.75) is 31.5 Å². The highest BCUT2D eigenvalue weighted by molar-refractivity contribution is 5.44. The molecular weight excluding hydrogens is 342 g/mol. The van der Waals surface area contributed by atoms with Crippen LogP contribution in [0.1, 0.15) is 35.6 Å². The van der Waals surface area contributed by atoms with E-state index in [1.807, 2.05) is 43.3 Å². The van der Waals surface area contributed by atoms with Gasteiger partial charge in [-0.05, 0) is 43.0 Å². The molecule has 27 heavy (non-hydrogen) atoms. The maximum Gasteiger partial charge on any atom is 0.161 e. The van der Waals surface area contributed by atoms with Crippen LogP contribution in [-0.2, 0) is 5.60 Å². The monoisotopic (exact) mass is 369 g/mol. The lowest BCUT2D eigenvalue weighted by Crippen LogP contribution is -2.44. The van der Waals surface area contributed by atoms with E-state index in [-0.39, 0.29) is 0 Å². The zero-order chi connectivity index (χ0) is 18.9. The number of piperidine rings is 1. The van der Waals surface area contributed by atoms with E-state index >= 15 is 0 Å². The van der Waals surface area contributed by atoms with Crippen LogP contribution >= 0.6 is 0 Å². The number of nitrogens with zero attached hydrogens (tertiary/aromatic N) is 1. The Bertz CT molecular complexity index is 799. The van der Waals surface area contributed by atoms with E-state index < -0.39 is 11.7 Å². The van der Waals surface area contributed by atoms with Gasteiger partial charge in [0.15, 0.2) is 11.5 Å². The van der Waals surface area contributed by atoms with Gasteiger partial charge in [-0.25, -0.2) is 0 Å². The molecule has 5 heteroatoms. The molecule has 0 aromatic heterocycles. The number of β-amino-alcohol motifs (C(OH)–C–C–N with tert-alkyl or cyclic N) is 1. The molecule has 0 radical (unpaired) electrons. The summed E-state index contributed by atoms with van der Waals surface area (Å²) in [6.07, 6.45) is 0.750. The summed E-state index contributed by atoms with van der Waals surface area (Å²) in [5, 5.41) is 21.7. The van der Waals surface area contributed by atoms with E-state index in [0.29, 0.717) is 38.3 Å². The molecule has 0 saturated carbocycles. The lowest BCUT2D eigenvalue weighted by molar-refractivity contribution is -0.0345. The van der Waals surface area contributed by atoms with Gasteiger partial charge in [-0.3, -0.25) is 0 Å². The standard InChI is InChI=1S/C22H27NO4/c1-16-3-2-4-18(13-16)22(25)7-9-23(10-8-22)15-19(24)17-5-6-20-21(14-17)27-12-11-26-20/h2-6,13-14,19,24-25H,7-12,15H2,1H3/t19-/m1/s1. The molecular formula is C22H27NO4. The molecule has 2 N–H and O–H groups in total. The lowest BCUT2D eigenvalue weighted by Gasteiger charge is -2.39. The Balaban J connectivity index is 1.37. The minimum atomic E-state index is -0.773. The molecule has 0 unspecified atom stereocenters. The first-order chi connectivity index (χ1) is 13.0. The lowest BCUT2D eigenvalue weighted by atomic mass is 9.84. The molecule has 2 aliphatic heterocycles. The van der Waals surface area contributed by atoms with Crippen LogP contribution in [0.4, 0.5) is 0 Å². The first-order valence-electron chi connectivity index (χ1n) is 9.63. The molecule has 144 valence electrons. The van der Waals surface area contributed by atoms with Crippen LogP contribution in [0.25, 0.3) is 0 Å². The van der Waals surface area contributed by atoms with Crippen LogP contribution in [0.15, 0.2) is 42.5 Å². The number of aliphatic hydroxyl groups is 2. The normalized spacial score (nSPS) is 20.3. The number of aryl methyl sites for hydroxylation is 1. The molecule has 2 heterocycles. The Morgan fingerprint density at radius 3 is 2.52 bits per heavy atom. The highest BCUT2D eigenvalue weighted by atomic mass is 16.6. The van der Waals surface area contributed by atoms with Gasteiger partial charge in [0.1, 0.15) is 13.2 Å². The third kappa shape index (κ3) is 3.95. The van der Waals surface area contributed by atoms with Gasteiger partial charge in [-0.1, -0.05) is 35.9 Å². The van der Waals surface area contributed by atoms with Crippen LogP contribution in [0.3, 0.4) is 0 Å². The quantitative estimate of drug-likeness (QED) is 0.868. The second-order valence-electron chi connectivity index (χ2n) is 7.62. The second kappa shape index (κ2) is 7.50. The average Bonchev–Trinajstić information content (AvgIpc) is 2.69. The van der Waals surface area contributed by atoms with Gasteiger partial charge in [-0.2, -0.15) is 0 Å². The first-order valence-corrected chi connectivity index (χ1v) is 9.63. The van der Waals surface area contributed by atoms with Crippen LogP contribution in [-0.4, -0.2) is 48.0 Å². The predicted octanol–water partition coefficient (Wildman–Crippen LogP) is 2.78. The average molecular weight is 369 g/mol. The fourth-order valence-electron chi connectivity index (χ4n) is 3.95. The van der Waals surface area contributed by atoms with Crippen LogP contribution in [0.5, 0.6) is 11.5 Å². The van der Waals surface area contributed by atoms with E-state index in [9.17, 15) is 10.2 Å². The minimum Gasteiger partial charge on any atom is -0.486 e. The van der Waals surface area contributed by atoms with E-state index in [2.05, 4.69) is 11.0 Å². The van der Waals surface area contributed by atoms with E-state index in [1.165, 1.54) is 0 Å². The van der Waals surface area contributed by atoms with Gasteiger partial charge in [0.25, 0.3) is 0 Å². The van der Waals surface area contributed by atoms with Gasteiger partial charge in [0.05, 0.1) is 11.7 Å². The predicted molar refractivity (Wildman–Crippen MR) is 103 cm³/mol.